The molecule has 1 saturated heterocycles. The molecule has 25 heavy (non-hydrogen) atoms. The zero-order valence-corrected chi connectivity index (χ0v) is 14.3. The number of benzene rings is 1. The molecule has 2 saturated carbocycles. The Morgan fingerprint density at radius 3 is 2.44 bits per heavy atom. The number of nitrogens with zero attached hydrogens (tertiary/aromatic N) is 1. The Hall–Kier alpha value is -2.11. The third-order valence-electron chi connectivity index (χ3n) is 5.41. The van der Waals surface area contributed by atoms with Crippen molar-refractivity contribution in [3.63, 3.8) is 0 Å². The zero-order valence-electron chi connectivity index (χ0n) is 14.3. The standard InChI is InChI=1S/C19H24FN3O2/c20-14-2-1-3-16(12-14)22-19(18(25)21-15-6-7-15)8-10-23(11-9-19)17(24)13-4-5-13/h1-3,12-13,15,22H,4-11H2,(H,21,25). The van der Waals surface area contributed by atoms with E-state index in [1.165, 1.54) is 12.1 Å². The lowest BCUT2D eigenvalue weighted by atomic mass is 9.85. The average molecular weight is 345 g/mol. The highest BCUT2D eigenvalue weighted by Crippen LogP contribution is 2.35. The fourth-order valence-corrected chi connectivity index (χ4v) is 3.50. The van der Waals surface area contributed by atoms with E-state index in [0.717, 1.165) is 25.7 Å². The van der Waals surface area contributed by atoms with Gasteiger partial charge >= 0.3 is 0 Å². The summed E-state index contributed by atoms with van der Waals surface area (Å²) in [6, 6.07) is 6.48. The minimum atomic E-state index is -0.781. The van der Waals surface area contributed by atoms with Crippen LogP contribution >= 0.6 is 0 Å². The van der Waals surface area contributed by atoms with Gasteiger partial charge in [0.2, 0.25) is 11.8 Å². The van der Waals surface area contributed by atoms with Crippen molar-refractivity contribution in [2.75, 3.05) is 18.4 Å². The molecule has 2 aliphatic carbocycles. The Morgan fingerprint density at radius 2 is 1.84 bits per heavy atom. The van der Waals surface area contributed by atoms with Gasteiger partial charge in [-0.2, -0.15) is 0 Å². The number of anilines is 1. The number of carbonyl (C=O) groups is 2. The highest BCUT2D eigenvalue weighted by Gasteiger charge is 2.45. The molecule has 2 amide bonds. The Bertz CT molecular complexity index is 677. The molecule has 4 rings (SSSR count). The predicted octanol–water partition coefficient (Wildman–Crippen LogP) is 2.29. The van der Waals surface area contributed by atoms with Crippen LogP contribution < -0.4 is 10.6 Å². The van der Waals surface area contributed by atoms with Crippen LogP contribution in [0.3, 0.4) is 0 Å². The summed E-state index contributed by atoms with van der Waals surface area (Å²) >= 11 is 0. The Morgan fingerprint density at radius 1 is 1.12 bits per heavy atom. The number of likely N-dealkylation sites (tertiary alicyclic amines) is 1. The second-order valence-corrected chi connectivity index (χ2v) is 7.56. The van der Waals surface area contributed by atoms with Crippen LogP contribution in [0.1, 0.15) is 38.5 Å². The van der Waals surface area contributed by atoms with Crippen LogP contribution in [0.25, 0.3) is 0 Å². The van der Waals surface area contributed by atoms with Crippen molar-refractivity contribution in [2.24, 2.45) is 5.92 Å². The van der Waals surface area contributed by atoms with E-state index in [-0.39, 0.29) is 29.6 Å². The van der Waals surface area contributed by atoms with E-state index in [4.69, 9.17) is 0 Å². The molecule has 1 aromatic carbocycles. The second kappa shape index (κ2) is 6.32. The van der Waals surface area contributed by atoms with E-state index < -0.39 is 5.54 Å². The van der Waals surface area contributed by atoms with Crippen LogP contribution in [0.2, 0.25) is 0 Å². The van der Waals surface area contributed by atoms with E-state index in [2.05, 4.69) is 10.6 Å². The van der Waals surface area contributed by atoms with Crippen molar-refractivity contribution < 1.29 is 14.0 Å². The highest BCUT2D eigenvalue weighted by molar-refractivity contribution is 5.90. The van der Waals surface area contributed by atoms with Crippen LogP contribution in [0.4, 0.5) is 10.1 Å². The number of nitrogens with one attached hydrogen (secondary N) is 2. The average Bonchev–Trinajstić information content (AvgIpc) is 3.48. The molecule has 0 unspecified atom stereocenters. The quantitative estimate of drug-likeness (QED) is 0.861. The van der Waals surface area contributed by atoms with Crippen LogP contribution in [0.5, 0.6) is 0 Å². The summed E-state index contributed by atoms with van der Waals surface area (Å²) in [5.41, 5.74) is -0.176. The predicted molar refractivity (Wildman–Crippen MR) is 92.5 cm³/mol. The molecule has 3 aliphatic rings. The second-order valence-electron chi connectivity index (χ2n) is 7.56. The lowest BCUT2D eigenvalue weighted by Crippen LogP contribution is -2.59. The van der Waals surface area contributed by atoms with Crippen molar-refractivity contribution in [3.8, 4) is 0 Å². The van der Waals surface area contributed by atoms with Gasteiger partial charge in [0.1, 0.15) is 11.4 Å². The van der Waals surface area contributed by atoms with E-state index in [1.54, 1.807) is 12.1 Å². The SMILES string of the molecule is O=C(C1CC1)N1CCC(Nc2cccc(F)c2)(C(=O)NC2CC2)CC1. The maximum Gasteiger partial charge on any atom is 0.246 e. The van der Waals surface area contributed by atoms with Gasteiger partial charge in [-0.15, -0.1) is 0 Å². The molecule has 0 aromatic heterocycles. The first-order valence-electron chi connectivity index (χ1n) is 9.19. The molecule has 1 aromatic rings. The van der Waals surface area contributed by atoms with Crippen molar-refractivity contribution in [1.82, 2.24) is 10.2 Å². The van der Waals surface area contributed by atoms with Gasteiger partial charge < -0.3 is 15.5 Å². The largest absolute Gasteiger partial charge is 0.371 e. The smallest absolute Gasteiger partial charge is 0.246 e. The van der Waals surface area contributed by atoms with Gasteiger partial charge in [-0.3, -0.25) is 9.59 Å². The van der Waals surface area contributed by atoms with Crippen molar-refractivity contribution in [2.45, 2.75) is 50.1 Å². The van der Waals surface area contributed by atoms with E-state index in [9.17, 15) is 14.0 Å². The molecule has 2 N–H and O–H groups in total. The molecule has 0 bridgehead atoms. The third-order valence-corrected chi connectivity index (χ3v) is 5.41. The fourth-order valence-electron chi connectivity index (χ4n) is 3.50. The first-order valence-corrected chi connectivity index (χ1v) is 9.19. The molecule has 0 radical (unpaired) electrons. The van der Waals surface area contributed by atoms with Crippen LogP contribution in [0, 0.1) is 11.7 Å². The summed E-state index contributed by atoms with van der Waals surface area (Å²) < 4.78 is 13.5. The lowest BCUT2D eigenvalue weighted by molar-refractivity contribution is -0.137. The molecule has 1 aliphatic heterocycles. The Balaban J connectivity index is 1.50. The number of amides is 2. The van der Waals surface area contributed by atoms with Crippen LogP contribution in [-0.2, 0) is 9.59 Å². The molecular weight excluding hydrogens is 321 g/mol. The summed E-state index contributed by atoms with van der Waals surface area (Å²) in [6.45, 7) is 1.13. The van der Waals surface area contributed by atoms with E-state index in [1.807, 2.05) is 4.90 Å². The van der Waals surface area contributed by atoms with Gasteiger partial charge in [0, 0.05) is 30.7 Å². The molecule has 6 heteroatoms. The van der Waals surface area contributed by atoms with E-state index >= 15 is 0 Å². The van der Waals surface area contributed by atoms with Crippen molar-refractivity contribution in [3.05, 3.63) is 30.1 Å². The molecule has 0 atom stereocenters. The number of hydrogen-bond donors (Lipinski definition) is 2. The van der Waals surface area contributed by atoms with Gasteiger partial charge in [0.05, 0.1) is 0 Å². The molecule has 3 fully saturated rings. The van der Waals surface area contributed by atoms with Crippen molar-refractivity contribution >= 4 is 17.5 Å². The minimum Gasteiger partial charge on any atom is -0.371 e. The van der Waals surface area contributed by atoms with E-state index in [0.29, 0.717) is 31.6 Å². The number of rotatable bonds is 5. The molecule has 5 nitrogen and oxygen atoms in total. The number of halogens is 1. The first kappa shape index (κ1) is 16.4. The minimum absolute atomic E-state index is 0.0298. The Kier molecular flexibility index (Phi) is 4.13. The van der Waals surface area contributed by atoms with Gasteiger partial charge in [-0.05, 0) is 56.7 Å². The molecule has 134 valence electrons. The maximum absolute atomic E-state index is 13.5. The number of carbonyl (C=O) groups excluding carboxylic acids is 2. The summed E-state index contributed by atoms with van der Waals surface area (Å²) in [4.78, 5) is 27.1. The van der Waals surface area contributed by atoms with Crippen LogP contribution in [-0.4, -0.2) is 41.4 Å². The van der Waals surface area contributed by atoms with Crippen LogP contribution in [0.15, 0.2) is 24.3 Å². The monoisotopic (exact) mass is 345 g/mol. The first-order chi connectivity index (χ1) is 12.1. The number of hydrogen-bond acceptors (Lipinski definition) is 3. The summed E-state index contributed by atoms with van der Waals surface area (Å²) in [7, 11) is 0. The Labute approximate surface area is 147 Å². The highest BCUT2D eigenvalue weighted by atomic mass is 19.1. The fraction of sp³-hybridized carbons (Fsp3) is 0.579. The van der Waals surface area contributed by atoms with Crippen molar-refractivity contribution in [1.29, 1.82) is 0 Å². The van der Waals surface area contributed by atoms with Gasteiger partial charge in [-0.1, -0.05) is 6.07 Å². The summed E-state index contributed by atoms with van der Waals surface area (Å²) in [6.07, 6.45) is 5.11. The van der Waals surface area contributed by atoms with Gasteiger partial charge in [0.25, 0.3) is 0 Å². The third kappa shape index (κ3) is 3.62. The maximum atomic E-state index is 13.5. The molecular formula is C19H24FN3O2. The van der Waals surface area contributed by atoms with Gasteiger partial charge in [0.15, 0.2) is 0 Å². The molecule has 0 spiro atoms. The molecule has 1 heterocycles. The summed E-state index contributed by atoms with van der Waals surface area (Å²) in [5, 5.41) is 6.36. The topological polar surface area (TPSA) is 61.4 Å². The van der Waals surface area contributed by atoms with Gasteiger partial charge in [-0.25, -0.2) is 4.39 Å². The normalized spacial score (nSPS) is 22.4. The summed E-state index contributed by atoms with van der Waals surface area (Å²) in [5.74, 6) is 0.0628. The lowest BCUT2D eigenvalue weighted by Gasteiger charge is -2.42. The number of piperidine rings is 1. The zero-order chi connectivity index (χ0) is 17.4.